The van der Waals surface area contributed by atoms with Gasteiger partial charge in [-0.1, -0.05) is 10.4 Å². The summed E-state index contributed by atoms with van der Waals surface area (Å²) in [5.74, 6) is 1.19. The lowest BCUT2D eigenvalue weighted by molar-refractivity contribution is 0.0948. The van der Waals surface area contributed by atoms with Crippen LogP contribution in [0, 0.1) is 5.92 Å². The highest BCUT2D eigenvalue weighted by molar-refractivity contribution is 5.91. The molecule has 1 aliphatic heterocycles. The van der Waals surface area contributed by atoms with Gasteiger partial charge in [-0.15, -0.1) is 5.10 Å². The molecule has 10 heteroatoms. The molecule has 4 rings (SSSR count). The molecule has 3 aromatic rings. The lowest BCUT2D eigenvalue weighted by Gasteiger charge is -2.22. The first-order valence-corrected chi connectivity index (χ1v) is 9.40. The molecule has 1 saturated heterocycles. The van der Waals surface area contributed by atoms with Crippen LogP contribution < -0.4 is 10.6 Å². The molecule has 2 N–H and O–H groups in total. The number of carbonyl (C=O) groups is 1. The lowest BCUT2D eigenvalue weighted by Crippen LogP contribution is -2.32. The smallest absolute Gasteiger partial charge is 0.273 e. The van der Waals surface area contributed by atoms with E-state index in [1.165, 1.54) is 12.8 Å². The maximum Gasteiger partial charge on any atom is 0.273 e. The van der Waals surface area contributed by atoms with Crippen LogP contribution in [-0.2, 0) is 13.0 Å². The zero-order valence-corrected chi connectivity index (χ0v) is 15.4. The third kappa shape index (κ3) is 4.58. The van der Waals surface area contributed by atoms with Crippen LogP contribution in [0.3, 0.4) is 0 Å². The predicted molar refractivity (Wildman–Crippen MR) is 99.2 cm³/mol. The molecule has 10 nitrogen and oxygen atoms in total. The molecule has 28 heavy (non-hydrogen) atoms. The first kappa shape index (κ1) is 18.2. The van der Waals surface area contributed by atoms with Crippen LogP contribution in [0.5, 0.6) is 0 Å². The number of carbonyl (C=O) groups excluding carboxylic acids is 1. The van der Waals surface area contributed by atoms with E-state index in [-0.39, 0.29) is 5.91 Å². The Labute approximate surface area is 161 Å². The van der Waals surface area contributed by atoms with Gasteiger partial charge in [-0.2, -0.15) is 4.98 Å². The van der Waals surface area contributed by atoms with Gasteiger partial charge in [-0.3, -0.25) is 14.5 Å². The number of amides is 1. The van der Waals surface area contributed by atoms with Crippen molar-refractivity contribution >= 4 is 5.91 Å². The summed E-state index contributed by atoms with van der Waals surface area (Å²) < 4.78 is 6.96. The Balaban J connectivity index is 1.25. The van der Waals surface area contributed by atoms with Gasteiger partial charge in [0.05, 0.1) is 6.20 Å². The fraction of sp³-hybridized carbons (Fsp3) is 0.444. The second-order valence-corrected chi connectivity index (χ2v) is 6.80. The minimum absolute atomic E-state index is 0.264. The molecule has 0 saturated carbocycles. The van der Waals surface area contributed by atoms with Crippen LogP contribution in [0.15, 0.2) is 35.2 Å². The van der Waals surface area contributed by atoms with Crippen molar-refractivity contribution in [2.24, 2.45) is 5.92 Å². The van der Waals surface area contributed by atoms with E-state index >= 15 is 0 Å². The Hall–Kier alpha value is -3.14. The van der Waals surface area contributed by atoms with Gasteiger partial charge >= 0.3 is 0 Å². The molecule has 0 radical (unpaired) electrons. The molecular weight excluding hydrogens is 360 g/mol. The molecular formula is C18H22N8O2. The fourth-order valence-corrected chi connectivity index (χ4v) is 3.18. The summed E-state index contributed by atoms with van der Waals surface area (Å²) in [6.07, 6.45) is 7.81. The van der Waals surface area contributed by atoms with E-state index in [1.54, 1.807) is 23.3 Å². The number of nitrogens with one attached hydrogen (secondary N) is 2. The van der Waals surface area contributed by atoms with Crippen LogP contribution >= 0.6 is 0 Å². The molecule has 0 aromatic carbocycles. The fourth-order valence-electron chi connectivity index (χ4n) is 3.18. The second-order valence-electron chi connectivity index (χ2n) is 6.80. The monoisotopic (exact) mass is 382 g/mol. The van der Waals surface area contributed by atoms with Crippen LogP contribution in [0.25, 0.3) is 11.4 Å². The summed E-state index contributed by atoms with van der Waals surface area (Å²) in [5, 5.41) is 18.2. The Bertz CT molecular complexity index is 901. The topological polar surface area (TPSA) is 124 Å². The van der Waals surface area contributed by atoms with Crippen molar-refractivity contribution < 1.29 is 9.32 Å². The molecule has 1 amide bonds. The summed E-state index contributed by atoms with van der Waals surface area (Å²) in [6, 6.07) is 3.67. The molecule has 1 fully saturated rings. The van der Waals surface area contributed by atoms with E-state index in [2.05, 4.69) is 36.1 Å². The molecule has 0 unspecified atom stereocenters. The van der Waals surface area contributed by atoms with E-state index in [0.29, 0.717) is 36.3 Å². The van der Waals surface area contributed by atoms with Crippen LogP contribution in [0.2, 0.25) is 0 Å². The van der Waals surface area contributed by atoms with Crippen molar-refractivity contribution in [3.05, 3.63) is 42.3 Å². The van der Waals surface area contributed by atoms with Crippen LogP contribution in [0.4, 0.5) is 0 Å². The average Bonchev–Trinajstić information content (AvgIpc) is 3.39. The molecule has 0 aliphatic carbocycles. The molecule has 1 atom stereocenters. The maximum atomic E-state index is 12.3. The standard InChI is InChI=1S/C18H22N8O2/c27-18(15-12-26(25-23-15)11-13-3-1-6-19-9-13)21-8-5-16-22-17(24-28-16)14-4-2-7-20-10-14/h2,4,7,10,12-13,19H,1,3,5-6,8-9,11H2,(H,21,27)/t13-/m0/s1. The third-order valence-corrected chi connectivity index (χ3v) is 4.63. The van der Waals surface area contributed by atoms with Gasteiger partial charge in [0.1, 0.15) is 0 Å². The van der Waals surface area contributed by atoms with Crippen molar-refractivity contribution in [1.82, 2.24) is 40.8 Å². The lowest BCUT2D eigenvalue weighted by atomic mass is 10.00. The Morgan fingerprint density at radius 3 is 3.21 bits per heavy atom. The summed E-state index contributed by atoms with van der Waals surface area (Å²) in [4.78, 5) is 20.6. The Kier molecular flexibility index (Phi) is 5.66. The second kappa shape index (κ2) is 8.70. The molecule has 4 heterocycles. The molecule has 0 bridgehead atoms. The van der Waals surface area contributed by atoms with Gasteiger partial charge in [-0.25, -0.2) is 0 Å². The van der Waals surface area contributed by atoms with E-state index in [0.717, 1.165) is 25.2 Å². The largest absolute Gasteiger partial charge is 0.350 e. The number of nitrogens with zero attached hydrogens (tertiary/aromatic N) is 6. The number of pyridine rings is 1. The zero-order chi connectivity index (χ0) is 19.2. The minimum atomic E-state index is -0.264. The third-order valence-electron chi connectivity index (χ3n) is 4.63. The average molecular weight is 382 g/mol. The van der Waals surface area contributed by atoms with E-state index in [9.17, 15) is 4.79 Å². The summed E-state index contributed by atoms with van der Waals surface area (Å²) in [6.45, 7) is 3.19. The van der Waals surface area contributed by atoms with Gasteiger partial charge < -0.3 is 15.2 Å². The zero-order valence-electron chi connectivity index (χ0n) is 15.4. The Morgan fingerprint density at radius 1 is 1.43 bits per heavy atom. The highest BCUT2D eigenvalue weighted by Gasteiger charge is 2.16. The van der Waals surface area contributed by atoms with Crippen molar-refractivity contribution in [3.63, 3.8) is 0 Å². The molecule has 0 spiro atoms. The van der Waals surface area contributed by atoms with Gasteiger partial charge in [0, 0.05) is 37.5 Å². The molecule has 1 aliphatic rings. The number of hydrogen-bond acceptors (Lipinski definition) is 8. The van der Waals surface area contributed by atoms with E-state index < -0.39 is 0 Å². The van der Waals surface area contributed by atoms with Crippen molar-refractivity contribution in [2.75, 3.05) is 19.6 Å². The van der Waals surface area contributed by atoms with E-state index in [1.807, 2.05) is 12.1 Å². The van der Waals surface area contributed by atoms with Crippen molar-refractivity contribution in [1.29, 1.82) is 0 Å². The minimum Gasteiger partial charge on any atom is -0.350 e. The number of aromatic nitrogens is 6. The van der Waals surface area contributed by atoms with Crippen molar-refractivity contribution in [2.45, 2.75) is 25.8 Å². The van der Waals surface area contributed by atoms with Gasteiger partial charge in [-0.05, 0) is 44.0 Å². The number of rotatable bonds is 7. The van der Waals surface area contributed by atoms with Crippen LogP contribution in [0.1, 0.15) is 29.2 Å². The SMILES string of the molecule is O=C(NCCc1nc(-c2cccnc2)no1)c1cn(C[C@H]2CCCNC2)nn1. The number of hydrogen-bond donors (Lipinski definition) is 2. The van der Waals surface area contributed by atoms with E-state index in [4.69, 9.17) is 4.52 Å². The predicted octanol–water partition coefficient (Wildman–Crippen LogP) is 0.695. The van der Waals surface area contributed by atoms with Gasteiger partial charge in [0.15, 0.2) is 5.69 Å². The van der Waals surface area contributed by atoms with Gasteiger partial charge in [0.25, 0.3) is 5.91 Å². The van der Waals surface area contributed by atoms with Crippen LogP contribution in [-0.4, -0.2) is 55.7 Å². The summed E-state index contributed by atoms with van der Waals surface area (Å²) in [7, 11) is 0. The first-order chi connectivity index (χ1) is 13.8. The number of piperidine rings is 1. The maximum absolute atomic E-state index is 12.3. The first-order valence-electron chi connectivity index (χ1n) is 9.40. The normalized spacial score (nSPS) is 16.8. The highest BCUT2D eigenvalue weighted by Crippen LogP contribution is 2.14. The summed E-state index contributed by atoms with van der Waals surface area (Å²) >= 11 is 0. The summed E-state index contributed by atoms with van der Waals surface area (Å²) in [5.41, 5.74) is 1.09. The van der Waals surface area contributed by atoms with Gasteiger partial charge in [0.2, 0.25) is 11.7 Å². The molecule has 146 valence electrons. The highest BCUT2D eigenvalue weighted by atomic mass is 16.5. The quantitative estimate of drug-likeness (QED) is 0.612. The molecule has 3 aromatic heterocycles. The Morgan fingerprint density at radius 2 is 2.39 bits per heavy atom. The van der Waals surface area contributed by atoms with Crippen molar-refractivity contribution in [3.8, 4) is 11.4 Å².